The summed E-state index contributed by atoms with van der Waals surface area (Å²) in [6.07, 6.45) is 0. The van der Waals surface area contributed by atoms with Gasteiger partial charge in [-0.2, -0.15) is 0 Å². The first-order chi connectivity index (χ1) is 19.3. The van der Waals surface area contributed by atoms with Crippen LogP contribution >= 0.6 is 46.3 Å². The lowest BCUT2D eigenvalue weighted by Crippen LogP contribution is -2.19. The Kier molecular flexibility index (Phi) is 8.78. The second-order valence-electron chi connectivity index (χ2n) is 8.51. The monoisotopic (exact) mass is 625 g/mol. The van der Waals surface area contributed by atoms with Gasteiger partial charge in [0.1, 0.15) is 5.25 Å². The van der Waals surface area contributed by atoms with E-state index >= 15 is 0 Å². The number of sulfonamides is 1. The van der Waals surface area contributed by atoms with Crippen molar-refractivity contribution >= 4 is 73.0 Å². The summed E-state index contributed by atoms with van der Waals surface area (Å²) in [5.74, 6) is -0.236. The van der Waals surface area contributed by atoms with Crippen LogP contribution in [0.15, 0.2) is 118 Å². The lowest BCUT2D eigenvalue weighted by Gasteiger charge is -2.16. The Balaban J connectivity index is 1.32. The molecule has 11 heteroatoms. The summed E-state index contributed by atoms with van der Waals surface area (Å²) < 4.78 is 27.9. The third-order valence-electron chi connectivity index (χ3n) is 5.70. The molecular formula is C29H21Cl2N3O3S3. The lowest BCUT2D eigenvalue weighted by atomic mass is 10.1. The van der Waals surface area contributed by atoms with Gasteiger partial charge in [0.2, 0.25) is 5.91 Å². The summed E-state index contributed by atoms with van der Waals surface area (Å²) in [6, 6.07) is 29.8. The molecule has 1 heterocycles. The predicted octanol–water partition coefficient (Wildman–Crippen LogP) is 8.39. The van der Waals surface area contributed by atoms with E-state index in [4.69, 9.17) is 23.2 Å². The smallest absolute Gasteiger partial charge is 0.261 e. The zero-order valence-electron chi connectivity index (χ0n) is 20.6. The number of rotatable bonds is 9. The zero-order chi connectivity index (χ0) is 28.1. The second kappa shape index (κ2) is 12.4. The van der Waals surface area contributed by atoms with E-state index in [9.17, 15) is 13.2 Å². The molecule has 40 heavy (non-hydrogen) atoms. The number of amides is 1. The number of thioether (sulfide) groups is 1. The molecular weight excluding hydrogens is 605 g/mol. The molecule has 0 saturated carbocycles. The summed E-state index contributed by atoms with van der Waals surface area (Å²) in [5, 5.41) is 5.54. The summed E-state index contributed by atoms with van der Waals surface area (Å²) in [5.41, 5.74) is 2.71. The average Bonchev–Trinajstić information content (AvgIpc) is 3.43. The van der Waals surface area contributed by atoms with E-state index in [-0.39, 0.29) is 10.8 Å². The van der Waals surface area contributed by atoms with E-state index in [1.54, 1.807) is 54.6 Å². The van der Waals surface area contributed by atoms with Gasteiger partial charge < -0.3 is 5.32 Å². The minimum Gasteiger partial charge on any atom is -0.301 e. The first-order valence-electron chi connectivity index (χ1n) is 11.9. The van der Waals surface area contributed by atoms with Gasteiger partial charge in [-0.05, 0) is 54.1 Å². The molecule has 0 bridgehead atoms. The quantitative estimate of drug-likeness (QED) is 0.161. The minimum atomic E-state index is -3.70. The summed E-state index contributed by atoms with van der Waals surface area (Å²) in [4.78, 5) is 19.0. The number of aromatic nitrogens is 1. The number of hydrogen-bond acceptors (Lipinski definition) is 6. The van der Waals surface area contributed by atoms with Gasteiger partial charge in [0, 0.05) is 21.5 Å². The fourth-order valence-corrected chi connectivity index (χ4v) is 6.87. The van der Waals surface area contributed by atoms with Crippen LogP contribution < -0.4 is 10.0 Å². The summed E-state index contributed by atoms with van der Waals surface area (Å²) in [7, 11) is -3.70. The highest BCUT2D eigenvalue weighted by atomic mass is 35.5. The Morgan fingerprint density at radius 2 is 1.52 bits per heavy atom. The molecule has 6 nitrogen and oxygen atoms in total. The van der Waals surface area contributed by atoms with Gasteiger partial charge in [-0.1, -0.05) is 77.8 Å². The van der Waals surface area contributed by atoms with Crippen molar-refractivity contribution < 1.29 is 13.2 Å². The van der Waals surface area contributed by atoms with Crippen molar-refractivity contribution in [2.24, 2.45) is 0 Å². The molecule has 1 amide bonds. The SMILES string of the molecule is O=C(Nc1nc(-c2ccc(Cl)c(Cl)c2)cs1)C(Sc1ccc(NS(=O)(=O)c2ccccc2)cc1)c1ccccc1. The molecule has 0 radical (unpaired) electrons. The molecule has 0 saturated heterocycles. The normalized spacial score (nSPS) is 12.1. The maximum atomic E-state index is 13.5. The summed E-state index contributed by atoms with van der Waals surface area (Å²) in [6.45, 7) is 0. The molecule has 0 aliphatic carbocycles. The first kappa shape index (κ1) is 28.2. The molecule has 5 aromatic rings. The molecule has 0 spiro atoms. The van der Waals surface area contributed by atoms with Gasteiger partial charge in [-0.3, -0.25) is 9.52 Å². The van der Waals surface area contributed by atoms with E-state index in [1.807, 2.05) is 41.8 Å². The third kappa shape index (κ3) is 6.86. The average molecular weight is 627 g/mol. The third-order valence-corrected chi connectivity index (χ3v) is 9.86. The number of carbonyl (C=O) groups excluding carboxylic acids is 1. The number of hydrogen-bond donors (Lipinski definition) is 2. The maximum Gasteiger partial charge on any atom is 0.261 e. The highest BCUT2D eigenvalue weighted by molar-refractivity contribution is 8.00. The molecule has 0 aliphatic rings. The van der Waals surface area contributed by atoms with Crippen LogP contribution in [0.3, 0.4) is 0 Å². The standard InChI is InChI=1S/C29H21Cl2N3O3S3/c30-24-16-11-20(17-25(24)31)26-18-38-29(32-26)33-28(35)27(19-7-3-1-4-8-19)39-22-14-12-21(13-15-22)34-40(36,37)23-9-5-2-6-10-23/h1-18,27,34H,(H,32,33,35). The largest absolute Gasteiger partial charge is 0.301 e. The number of thiazole rings is 1. The van der Waals surface area contributed by atoms with Crippen molar-refractivity contribution in [1.82, 2.24) is 4.98 Å². The Bertz CT molecular complexity index is 1730. The molecule has 202 valence electrons. The number of carbonyl (C=O) groups is 1. The fraction of sp³-hybridized carbons (Fsp3) is 0.0345. The van der Waals surface area contributed by atoms with E-state index in [1.165, 1.54) is 35.2 Å². The van der Waals surface area contributed by atoms with Crippen LogP contribution in [0.4, 0.5) is 10.8 Å². The van der Waals surface area contributed by atoms with E-state index in [2.05, 4.69) is 15.0 Å². The van der Waals surface area contributed by atoms with Crippen LogP contribution in [0.5, 0.6) is 0 Å². The highest BCUT2D eigenvalue weighted by Crippen LogP contribution is 2.38. The maximum absolute atomic E-state index is 13.5. The molecule has 0 fully saturated rings. The van der Waals surface area contributed by atoms with Gasteiger partial charge in [-0.15, -0.1) is 23.1 Å². The van der Waals surface area contributed by atoms with Gasteiger partial charge >= 0.3 is 0 Å². The van der Waals surface area contributed by atoms with Crippen molar-refractivity contribution in [3.63, 3.8) is 0 Å². The molecule has 0 aliphatic heterocycles. The van der Waals surface area contributed by atoms with E-state index < -0.39 is 15.3 Å². The van der Waals surface area contributed by atoms with Crippen LogP contribution in [-0.4, -0.2) is 19.3 Å². The molecule has 1 aromatic heterocycles. The van der Waals surface area contributed by atoms with E-state index in [0.29, 0.717) is 26.6 Å². The van der Waals surface area contributed by atoms with Crippen LogP contribution in [0.2, 0.25) is 10.0 Å². The van der Waals surface area contributed by atoms with Crippen molar-refractivity contribution in [1.29, 1.82) is 0 Å². The van der Waals surface area contributed by atoms with Crippen LogP contribution in [0.1, 0.15) is 10.8 Å². The molecule has 5 rings (SSSR count). The van der Waals surface area contributed by atoms with Crippen LogP contribution in [0.25, 0.3) is 11.3 Å². The number of anilines is 2. The lowest BCUT2D eigenvalue weighted by molar-refractivity contribution is -0.115. The van der Waals surface area contributed by atoms with Crippen molar-refractivity contribution in [3.05, 3.63) is 124 Å². The number of halogens is 2. The molecule has 1 unspecified atom stereocenters. The highest BCUT2D eigenvalue weighted by Gasteiger charge is 2.23. The van der Waals surface area contributed by atoms with E-state index in [0.717, 1.165) is 16.0 Å². The van der Waals surface area contributed by atoms with Gasteiger partial charge in [0.25, 0.3) is 10.0 Å². The Hall–Kier alpha value is -3.34. The molecule has 2 N–H and O–H groups in total. The predicted molar refractivity (Wildman–Crippen MR) is 165 cm³/mol. The number of benzene rings is 4. The van der Waals surface area contributed by atoms with Gasteiger partial charge in [0.05, 0.1) is 20.6 Å². The zero-order valence-corrected chi connectivity index (χ0v) is 24.6. The van der Waals surface area contributed by atoms with Crippen molar-refractivity contribution in [2.45, 2.75) is 15.0 Å². The van der Waals surface area contributed by atoms with Crippen molar-refractivity contribution in [3.8, 4) is 11.3 Å². The Morgan fingerprint density at radius 1 is 0.850 bits per heavy atom. The topological polar surface area (TPSA) is 88.2 Å². The van der Waals surface area contributed by atoms with Crippen LogP contribution in [0, 0.1) is 0 Å². The summed E-state index contributed by atoms with van der Waals surface area (Å²) >= 11 is 14.8. The van der Waals surface area contributed by atoms with Gasteiger partial charge in [-0.25, -0.2) is 13.4 Å². The van der Waals surface area contributed by atoms with Crippen molar-refractivity contribution in [2.75, 3.05) is 10.0 Å². The minimum absolute atomic E-state index is 0.179. The Labute approximate surface area is 250 Å². The molecule has 4 aromatic carbocycles. The van der Waals surface area contributed by atoms with Crippen LogP contribution in [-0.2, 0) is 14.8 Å². The number of nitrogens with zero attached hydrogens (tertiary/aromatic N) is 1. The van der Waals surface area contributed by atoms with Gasteiger partial charge in [0.15, 0.2) is 5.13 Å². The first-order valence-corrected chi connectivity index (χ1v) is 15.9. The second-order valence-corrected chi connectivity index (χ2v) is 13.0. The number of nitrogens with one attached hydrogen (secondary N) is 2. The Morgan fingerprint density at radius 3 is 2.20 bits per heavy atom. The fourth-order valence-electron chi connectivity index (χ4n) is 3.74. The molecule has 1 atom stereocenters.